The SMILES string of the molecule is C=C(NN)C(C(C)C)N(C)CC1=C=C=CN=C1. The van der Waals surface area contributed by atoms with Crippen LogP contribution in [0.25, 0.3) is 0 Å². The highest BCUT2D eigenvalue weighted by atomic mass is 15.3. The molecule has 0 radical (unpaired) electrons. The van der Waals surface area contributed by atoms with Gasteiger partial charge in [0.25, 0.3) is 0 Å². The minimum absolute atomic E-state index is 0.175. The fourth-order valence-corrected chi connectivity index (χ4v) is 2.03. The Bertz CT molecular complexity index is 407. The van der Waals surface area contributed by atoms with Gasteiger partial charge in [-0.2, -0.15) is 0 Å². The Morgan fingerprint density at radius 2 is 2.35 bits per heavy atom. The van der Waals surface area contributed by atoms with Crippen molar-refractivity contribution in [1.29, 1.82) is 0 Å². The molecule has 1 aliphatic heterocycles. The van der Waals surface area contributed by atoms with Crippen LogP contribution >= 0.6 is 0 Å². The first-order valence-electron chi connectivity index (χ1n) is 5.64. The Morgan fingerprint density at radius 3 is 2.82 bits per heavy atom. The molecule has 1 unspecified atom stereocenters. The molecule has 0 bridgehead atoms. The molecule has 0 aromatic rings. The van der Waals surface area contributed by atoms with E-state index in [1.165, 1.54) is 0 Å². The summed E-state index contributed by atoms with van der Waals surface area (Å²) in [5.74, 6) is 5.86. The van der Waals surface area contributed by atoms with E-state index in [-0.39, 0.29) is 6.04 Å². The van der Waals surface area contributed by atoms with Crippen LogP contribution in [0.3, 0.4) is 0 Å². The number of likely N-dealkylation sites (N-methyl/N-ethyl adjacent to an activating group) is 1. The van der Waals surface area contributed by atoms with Crippen molar-refractivity contribution in [3.8, 4) is 0 Å². The summed E-state index contributed by atoms with van der Waals surface area (Å²) in [6.45, 7) is 8.97. The van der Waals surface area contributed by atoms with E-state index in [0.717, 1.165) is 17.8 Å². The highest BCUT2D eigenvalue weighted by Gasteiger charge is 2.21. The highest BCUT2D eigenvalue weighted by Crippen LogP contribution is 2.15. The summed E-state index contributed by atoms with van der Waals surface area (Å²) in [6, 6.07) is 0.175. The highest BCUT2D eigenvalue weighted by molar-refractivity contribution is 5.79. The first kappa shape index (κ1) is 13.5. The van der Waals surface area contributed by atoms with E-state index in [1.54, 1.807) is 12.4 Å². The van der Waals surface area contributed by atoms with Crippen molar-refractivity contribution in [2.45, 2.75) is 19.9 Å². The molecule has 0 fully saturated rings. The Hall–Kier alpha value is -1.57. The van der Waals surface area contributed by atoms with Crippen molar-refractivity contribution in [2.75, 3.05) is 13.6 Å². The summed E-state index contributed by atoms with van der Waals surface area (Å²) in [5, 5.41) is 0. The zero-order chi connectivity index (χ0) is 12.8. The van der Waals surface area contributed by atoms with Crippen LogP contribution in [-0.2, 0) is 0 Å². The lowest BCUT2D eigenvalue weighted by atomic mass is 10.00. The van der Waals surface area contributed by atoms with Crippen molar-refractivity contribution in [1.82, 2.24) is 10.3 Å². The molecule has 0 aliphatic carbocycles. The van der Waals surface area contributed by atoms with Crippen LogP contribution in [0, 0.1) is 5.92 Å². The number of rotatable bonds is 6. The van der Waals surface area contributed by atoms with E-state index in [0.29, 0.717) is 5.92 Å². The van der Waals surface area contributed by atoms with E-state index in [4.69, 9.17) is 5.84 Å². The Kier molecular flexibility index (Phi) is 4.95. The molecule has 4 heteroatoms. The van der Waals surface area contributed by atoms with Gasteiger partial charge in [-0.3, -0.25) is 15.7 Å². The molecule has 17 heavy (non-hydrogen) atoms. The molecule has 0 aromatic heterocycles. The van der Waals surface area contributed by atoms with Crippen molar-refractivity contribution in [2.24, 2.45) is 16.8 Å². The fraction of sp³-hybridized carbons (Fsp3) is 0.462. The zero-order valence-corrected chi connectivity index (χ0v) is 10.7. The molecule has 0 amide bonds. The Labute approximate surface area is 103 Å². The van der Waals surface area contributed by atoms with Gasteiger partial charge in [-0.25, -0.2) is 0 Å². The maximum absolute atomic E-state index is 5.44. The van der Waals surface area contributed by atoms with Crippen LogP contribution in [0.5, 0.6) is 0 Å². The number of nitrogens with two attached hydrogens (primary N) is 1. The molecule has 1 atom stereocenters. The van der Waals surface area contributed by atoms with Crippen LogP contribution in [0.15, 0.2) is 40.5 Å². The molecule has 3 N–H and O–H groups in total. The largest absolute Gasteiger partial charge is 0.327 e. The molecular formula is C13H20N4. The number of nitrogens with one attached hydrogen (secondary N) is 1. The minimum Gasteiger partial charge on any atom is -0.327 e. The van der Waals surface area contributed by atoms with Gasteiger partial charge in [-0.15, -0.1) is 0 Å². The summed E-state index contributed by atoms with van der Waals surface area (Å²) in [4.78, 5) is 6.21. The second-order valence-electron chi connectivity index (χ2n) is 4.48. The molecule has 4 nitrogen and oxygen atoms in total. The van der Waals surface area contributed by atoms with Gasteiger partial charge in [0.05, 0.1) is 12.2 Å². The average Bonchev–Trinajstić information content (AvgIpc) is 2.29. The predicted molar refractivity (Wildman–Crippen MR) is 71.3 cm³/mol. The van der Waals surface area contributed by atoms with Gasteiger partial charge in [0.2, 0.25) is 0 Å². The van der Waals surface area contributed by atoms with E-state index >= 15 is 0 Å². The first-order valence-corrected chi connectivity index (χ1v) is 5.64. The smallest absolute Gasteiger partial charge is 0.0770 e. The predicted octanol–water partition coefficient (Wildman–Crippen LogP) is 1.20. The van der Waals surface area contributed by atoms with Crippen LogP contribution in [0.2, 0.25) is 0 Å². The summed E-state index contributed by atoms with van der Waals surface area (Å²) < 4.78 is 0. The van der Waals surface area contributed by atoms with E-state index in [1.807, 2.05) is 7.05 Å². The molecule has 1 rings (SSSR count). The monoisotopic (exact) mass is 232 g/mol. The standard InChI is InChI=1S/C13H20N4/c1-10(2)13(11(3)16-14)17(4)9-12-6-5-7-15-8-12/h7-8,10,13,16H,3,9,14H2,1-2,4H3. The first-order chi connectivity index (χ1) is 8.06. The Balaban J connectivity index is 2.76. The van der Waals surface area contributed by atoms with Gasteiger partial charge in [-0.1, -0.05) is 26.2 Å². The molecular weight excluding hydrogens is 212 g/mol. The third-order valence-corrected chi connectivity index (χ3v) is 2.67. The molecule has 0 saturated heterocycles. The van der Waals surface area contributed by atoms with E-state index in [9.17, 15) is 0 Å². The Morgan fingerprint density at radius 1 is 1.65 bits per heavy atom. The number of aliphatic imine (C=N–C) groups is 1. The number of hydrogen-bond donors (Lipinski definition) is 2. The molecule has 0 aromatic carbocycles. The van der Waals surface area contributed by atoms with Crippen LogP contribution < -0.4 is 11.3 Å². The second-order valence-corrected chi connectivity index (χ2v) is 4.48. The molecule has 92 valence electrons. The van der Waals surface area contributed by atoms with Gasteiger partial charge in [-0.05, 0) is 18.7 Å². The summed E-state index contributed by atoms with van der Waals surface area (Å²) in [6.07, 6.45) is 3.40. The molecule has 0 spiro atoms. The van der Waals surface area contributed by atoms with Gasteiger partial charge in [0.1, 0.15) is 0 Å². The van der Waals surface area contributed by atoms with Crippen LogP contribution in [0.1, 0.15) is 13.8 Å². The molecule has 1 heterocycles. The quantitative estimate of drug-likeness (QED) is 0.411. The number of hydrogen-bond acceptors (Lipinski definition) is 4. The summed E-state index contributed by atoms with van der Waals surface area (Å²) in [5.41, 5.74) is 10.4. The summed E-state index contributed by atoms with van der Waals surface area (Å²) in [7, 11) is 2.04. The lowest BCUT2D eigenvalue weighted by Crippen LogP contribution is -2.44. The lowest BCUT2D eigenvalue weighted by molar-refractivity contribution is 0.233. The van der Waals surface area contributed by atoms with Gasteiger partial charge in [0, 0.05) is 24.0 Å². The minimum atomic E-state index is 0.175. The van der Waals surface area contributed by atoms with Crippen molar-refractivity contribution in [3.63, 3.8) is 0 Å². The van der Waals surface area contributed by atoms with Gasteiger partial charge in [0.15, 0.2) is 0 Å². The average molecular weight is 232 g/mol. The second kappa shape index (κ2) is 6.24. The number of hydrazine groups is 1. The molecule has 1 aliphatic rings. The van der Waals surface area contributed by atoms with E-state index in [2.05, 4.69) is 47.2 Å². The van der Waals surface area contributed by atoms with Crippen LogP contribution in [0.4, 0.5) is 0 Å². The third-order valence-electron chi connectivity index (χ3n) is 2.67. The maximum atomic E-state index is 5.44. The maximum Gasteiger partial charge on any atom is 0.0770 e. The summed E-state index contributed by atoms with van der Waals surface area (Å²) >= 11 is 0. The third kappa shape index (κ3) is 3.74. The van der Waals surface area contributed by atoms with Crippen LogP contribution in [-0.4, -0.2) is 30.7 Å². The van der Waals surface area contributed by atoms with Crippen molar-refractivity contribution < 1.29 is 0 Å². The normalized spacial score (nSPS) is 15.3. The molecule has 0 saturated carbocycles. The zero-order valence-electron chi connectivity index (χ0n) is 10.7. The van der Waals surface area contributed by atoms with E-state index < -0.39 is 0 Å². The topological polar surface area (TPSA) is 53.6 Å². The van der Waals surface area contributed by atoms with Gasteiger partial charge < -0.3 is 5.43 Å². The number of nitrogens with zero attached hydrogens (tertiary/aromatic N) is 2. The van der Waals surface area contributed by atoms with Crippen molar-refractivity contribution >= 4 is 6.21 Å². The lowest BCUT2D eigenvalue weighted by Gasteiger charge is -2.32. The van der Waals surface area contributed by atoms with Gasteiger partial charge >= 0.3 is 0 Å². The fourth-order valence-electron chi connectivity index (χ4n) is 2.03. The van der Waals surface area contributed by atoms with Crippen molar-refractivity contribution in [3.05, 3.63) is 35.5 Å².